The number of hydrogen-bond donors (Lipinski definition) is 2. The van der Waals surface area contributed by atoms with E-state index in [1.165, 1.54) is 0 Å². The van der Waals surface area contributed by atoms with Gasteiger partial charge in [0, 0.05) is 6.54 Å². The van der Waals surface area contributed by atoms with E-state index >= 15 is 0 Å². The molecule has 1 fully saturated rings. The normalized spacial score (nSPS) is 20.4. The molecule has 0 saturated carbocycles. The molecule has 0 spiro atoms. The zero-order valence-electron chi connectivity index (χ0n) is 14.3. The standard InChI is InChI=1S/C16H23BN4O2/c1-15(2)16(3,4)23-17(22-15)12(10-18-5)8-11-6-7-13-14(9-11)20-21-19-13/h6-9,18H,10H2,1-5H3,(H,19,20,21). The first-order valence-corrected chi connectivity index (χ1v) is 7.84. The van der Waals surface area contributed by atoms with Crippen molar-refractivity contribution in [3.63, 3.8) is 0 Å². The number of fused-ring (bicyclic) bond motifs is 1. The number of likely N-dealkylation sites (N-methyl/N-ethyl adjacent to an activating group) is 1. The molecular formula is C16H23BN4O2. The lowest BCUT2D eigenvalue weighted by atomic mass is 9.77. The van der Waals surface area contributed by atoms with E-state index in [9.17, 15) is 0 Å². The van der Waals surface area contributed by atoms with Gasteiger partial charge >= 0.3 is 7.12 Å². The molecule has 2 heterocycles. The van der Waals surface area contributed by atoms with Gasteiger partial charge in [-0.15, -0.1) is 0 Å². The molecule has 0 atom stereocenters. The van der Waals surface area contributed by atoms with Gasteiger partial charge in [0.2, 0.25) is 0 Å². The molecule has 2 aromatic rings. The number of benzene rings is 1. The van der Waals surface area contributed by atoms with Crippen molar-refractivity contribution in [3.05, 3.63) is 29.2 Å². The van der Waals surface area contributed by atoms with Crippen molar-refractivity contribution in [3.8, 4) is 0 Å². The Labute approximate surface area is 136 Å². The van der Waals surface area contributed by atoms with Crippen LogP contribution < -0.4 is 5.32 Å². The van der Waals surface area contributed by atoms with Gasteiger partial charge < -0.3 is 14.6 Å². The zero-order chi connectivity index (χ0) is 16.7. The lowest BCUT2D eigenvalue weighted by molar-refractivity contribution is 0.00578. The van der Waals surface area contributed by atoms with Crippen LogP contribution in [0.1, 0.15) is 33.3 Å². The van der Waals surface area contributed by atoms with Crippen LogP contribution in [0.4, 0.5) is 0 Å². The number of nitrogens with one attached hydrogen (secondary N) is 2. The minimum atomic E-state index is -0.361. The maximum absolute atomic E-state index is 6.16. The van der Waals surface area contributed by atoms with Crippen LogP contribution in [0.15, 0.2) is 23.7 Å². The third-order valence-electron chi connectivity index (χ3n) is 4.63. The summed E-state index contributed by atoms with van der Waals surface area (Å²) in [4.78, 5) is 0. The van der Waals surface area contributed by atoms with Crippen LogP contribution in [0.25, 0.3) is 17.1 Å². The maximum atomic E-state index is 6.16. The Morgan fingerprint density at radius 2 is 1.83 bits per heavy atom. The van der Waals surface area contributed by atoms with Crippen LogP contribution in [0.3, 0.4) is 0 Å². The summed E-state index contributed by atoms with van der Waals surface area (Å²) in [6.45, 7) is 8.93. The Bertz CT molecular complexity index is 723. The summed E-state index contributed by atoms with van der Waals surface area (Å²) < 4.78 is 12.3. The molecule has 1 aliphatic heterocycles. The van der Waals surface area contributed by atoms with Crippen LogP contribution in [-0.2, 0) is 9.31 Å². The van der Waals surface area contributed by atoms with Crippen molar-refractivity contribution in [1.82, 2.24) is 20.7 Å². The maximum Gasteiger partial charge on any atom is 0.491 e. The minimum absolute atomic E-state index is 0.347. The molecule has 0 radical (unpaired) electrons. The van der Waals surface area contributed by atoms with E-state index in [2.05, 4.69) is 54.5 Å². The molecule has 2 N–H and O–H groups in total. The molecule has 1 saturated heterocycles. The molecule has 122 valence electrons. The van der Waals surface area contributed by atoms with Crippen molar-refractivity contribution >= 4 is 24.2 Å². The van der Waals surface area contributed by atoms with Gasteiger partial charge in [-0.3, -0.25) is 0 Å². The molecule has 23 heavy (non-hydrogen) atoms. The Balaban J connectivity index is 1.92. The number of rotatable bonds is 4. The van der Waals surface area contributed by atoms with E-state index in [-0.39, 0.29) is 18.3 Å². The van der Waals surface area contributed by atoms with Crippen LogP contribution in [0, 0.1) is 0 Å². The quantitative estimate of drug-likeness (QED) is 0.847. The molecule has 0 unspecified atom stereocenters. The first kappa shape index (κ1) is 16.2. The second kappa shape index (κ2) is 5.74. The predicted molar refractivity (Wildman–Crippen MR) is 91.9 cm³/mol. The summed E-state index contributed by atoms with van der Waals surface area (Å²) in [5.74, 6) is 0. The second-order valence-corrected chi connectivity index (χ2v) is 6.91. The Kier molecular flexibility index (Phi) is 4.04. The number of nitrogens with zero attached hydrogens (tertiary/aromatic N) is 2. The topological polar surface area (TPSA) is 72.1 Å². The Morgan fingerprint density at radius 1 is 1.17 bits per heavy atom. The highest BCUT2D eigenvalue weighted by Crippen LogP contribution is 2.38. The van der Waals surface area contributed by atoms with E-state index in [0.29, 0.717) is 6.54 Å². The van der Waals surface area contributed by atoms with E-state index in [0.717, 1.165) is 22.1 Å². The van der Waals surface area contributed by atoms with Crippen molar-refractivity contribution in [2.75, 3.05) is 13.6 Å². The van der Waals surface area contributed by atoms with Gasteiger partial charge in [0.05, 0.1) is 11.2 Å². The van der Waals surface area contributed by atoms with Gasteiger partial charge in [0.25, 0.3) is 0 Å². The monoisotopic (exact) mass is 314 g/mol. The highest BCUT2D eigenvalue weighted by Gasteiger charge is 2.52. The molecule has 0 bridgehead atoms. The van der Waals surface area contributed by atoms with Crippen LogP contribution in [0.5, 0.6) is 0 Å². The van der Waals surface area contributed by atoms with Gasteiger partial charge in [-0.2, -0.15) is 15.4 Å². The summed E-state index contributed by atoms with van der Waals surface area (Å²) in [7, 11) is 1.56. The summed E-state index contributed by atoms with van der Waals surface area (Å²) in [6, 6.07) is 5.97. The van der Waals surface area contributed by atoms with Gasteiger partial charge in [0.15, 0.2) is 0 Å². The lowest BCUT2D eigenvalue weighted by Crippen LogP contribution is -2.41. The number of hydrogen-bond acceptors (Lipinski definition) is 5. The smallest absolute Gasteiger partial charge is 0.400 e. The minimum Gasteiger partial charge on any atom is -0.400 e. The van der Waals surface area contributed by atoms with Crippen molar-refractivity contribution < 1.29 is 9.31 Å². The van der Waals surface area contributed by atoms with Crippen molar-refractivity contribution in [2.45, 2.75) is 38.9 Å². The number of H-pyrrole nitrogens is 1. The number of aromatic amines is 1. The summed E-state index contributed by atoms with van der Waals surface area (Å²) >= 11 is 0. The highest BCUT2D eigenvalue weighted by molar-refractivity contribution is 6.55. The average Bonchev–Trinajstić information content (AvgIpc) is 3.00. The van der Waals surface area contributed by atoms with Gasteiger partial charge in [-0.1, -0.05) is 12.1 Å². The SMILES string of the molecule is CNCC(=Cc1ccc2n[nH]nc2c1)B1OC(C)(C)C(C)(C)O1. The molecule has 0 amide bonds. The first-order chi connectivity index (χ1) is 10.8. The highest BCUT2D eigenvalue weighted by atomic mass is 16.7. The predicted octanol–water partition coefficient (Wildman–Crippen LogP) is 2.19. The molecule has 3 rings (SSSR count). The lowest BCUT2D eigenvalue weighted by Gasteiger charge is -2.32. The second-order valence-electron chi connectivity index (χ2n) is 6.91. The van der Waals surface area contributed by atoms with Gasteiger partial charge in [-0.05, 0) is 57.9 Å². The first-order valence-electron chi connectivity index (χ1n) is 7.84. The molecule has 1 aromatic heterocycles. The zero-order valence-corrected chi connectivity index (χ0v) is 14.3. The van der Waals surface area contributed by atoms with E-state index in [4.69, 9.17) is 9.31 Å². The van der Waals surface area contributed by atoms with E-state index < -0.39 is 0 Å². The molecule has 1 aliphatic rings. The summed E-state index contributed by atoms with van der Waals surface area (Å²) in [5.41, 5.74) is 3.10. The molecule has 1 aromatic carbocycles. The molecule has 0 aliphatic carbocycles. The molecule has 7 heteroatoms. The Morgan fingerprint density at radius 3 is 2.48 bits per heavy atom. The summed E-state index contributed by atoms with van der Waals surface area (Å²) in [6.07, 6.45) is 2.09. The van der Waals surface area contributed by atoms with Crippen LogP contribution in [-0.4, -0.2) is 47.3 Å². The Hall–Kier alpha value is -1.70. The fourth-order valence-corrected chi connectivity index (χ4v) is 2.56. The summed E-state index contributed by atoms with van der Waals surface area (Å²) in [5, 5.41) is 14.0. The molecular weight excluding hydrogens is 291 g/mol. The largest absolute Gasteiger partial charge is 0.491 e. The molecule has 6 nitrogen and oxygen atoms in total. The fraction of sp³-hybridized carbons (Fsp3) is 0.500. The number of aromatic nitrogens is 3. The van der Waals surface area contributed by atoms with Crippen LogP contribution >= 0.6 is 0 Å². The van der Waals surface area contributed by atoms with Crippen LogP contribution in [0.2, 0.25) is 0 Å². The van der Waals surface area contributed by atoms with E-state index in [1.54, 1.807) is 0 Å². The average molecular weight is 314 g/mol. The van der Waals surface area contributed by atoms with Gasteiger partial charge in [-0.25, -0.2) is 0 Å². The third-order valence-corrected chi connectivity index (χ3v) is 4.63. The van der Waals surface area contributed by atoms with Gasteiger partial charge in [0.1, 0.15) is 11.0 Å². The third kappa shape index (κ3) is 3.04. The fourth-order valence-electron chi connectivity index (χ4n) is 2.56. The van der Waals surface area contributed by atoms with Crippen molar-refractivity contribution in [2.24, 2.45) is 0 Å². The van der Waals surface area contributed by atoms with E-state index in [1.807, 2.05) is 25.2 Å². The van der Waals surface area contributed by atoms with Crippen molar-refractivity contribution in [1.29, 1.82) is 0 Å².